The Kier molecular flexibility index (Phi) is 1.81. The minimum Gasteiger partial charge on any atom is -0.493 e. The second kappa shape index (κ2) is 2.97. The molecule has 0 bridgehead atoms. The van der Waals surface area contributed by atoms with Crippen LogP contribution in [0.1, 0.15) is 16.2 Å². The van der Waals surface area contributed by atoms with Crippen LogP contribution in [0.2, 0.25) is 0 Å². The lowest BCUT2D eigenvalue weighted by atomic mass is 10.4. The third-order valence-electron chi connectivity index (χ3n) is 1.93. The molecular formula is C9H9NO3. The Morgan fingerprint density at radius 3 is 3.23 bits per heavy atom. The Balaban J connectivity index is 2.44. The van der Waals surface area contributed by atoms with Crippen LogP contribution in [0.5, 0.6) is 0 Å². The molecule has 0 unspecified atom stereocenters. The fourth-order valence-corrected chi connectivity index (χ4v) is 1.29. The molecule has 13 heavy (non-hydrogen) atoms. The summed E-state index contributed by atoms with van der Waals surface area (Å²) in [4.78, 5) is 11.2. The van der Waals surface area contributed by atoms with Crippen LogP contribution in [0.15, 0.2) is 18.4 Å². The number of hydrogen-bond acceptors (Lipinski definition) is 3. The molecule has 0 fully saturated rings. The molecule has 1 aliphatic rings. The van der Waals surface area contributed by atoms with Gasteiger partial charge in [-0.2, -0.15) is 0 Å². The number of ether oxygens (including phenoxy) is 2. The fourth-order valence-electron chi connectivity index (χ4n) is 1.29. The van der Waals surface area contributed by atoms with Crippen molar-refractivity contribution < 1.29 is 14.3 Å². The molecule has 0 atom stereocenters. The first-order valence-corrected chi connectivity index (χ1v) is 3.89. The Labute approximate surface area is 75.4 Å². The van der Waals surface area contributed by atoms with Crippen molar-refractivity contribution in [2.75, 3.05) is 7.11 Å². The van der Waals surface area contributed by atoms with Gasteiger partial charge in [-0.25, -0.2) is 4.79 Å². The maximum absolute atomic E-state index is 11.2. The van der Waals surface area contributed by atoms with E-state index in [0.29, 0.717) is 12.3 Å². The van der Waals surface area contributed by atoms with Gasteiger partial charge in [0.2, 0.25) is 0 Å². The van der Waals surface area contributed by atoms with E-state index < -0.39 is 0 Å². The number of carbonyl (C=O) groups is 1. The Morgan fingerprint density at radius 2 is 2.46 bits per heavy atom. The van der Waals surface area contributed by atoms with Gasteiger partial charge in [0.1, 0.15) is 18.6 Å². The van der Waals surface area contributed by atoms with Gasteiger partial charge >= 0.3 is 5.97 Å². The van der Waals surface area contributed by atoms with E-state index in [1.54, 1.807) is 23.1 Å². The number of rotatable bonds is 1. The number of aromatic nitrogens is 1. The summed E-state index contributed by atoms with van der Waals surface area (Å²) in [5.74, 6) is -0.335. The molecule has 2 rings (SSSR count). The first-order valence-electron chi connectivity index (χ1n) is 3.89. The highest BCUT2D eigenvalue weighted by Crippen LogP contribution is 2.15. The number of nitrogens with zero attached hydrogens (tertiary/aromatic N) is 1. The van der Waals surface area contributed by atoms with Gasteiger partial charge in [0.05, 0.1) is 12.8 Å². The van der Waals surface area contributed by atoms with Crippen LogP contribution in [0.25, 0.3) is 6.20 Å². The largest absolute Gasteiger partial charge is 0.493 e. The molecule has 1 aromatic rings. The third-order valence-corrected chi connectivity index (χ3v) is 1.93. The van der Waals surface area contributed by atoms with Gasteiger partial charge in [-0.3, -0.25) is 0 Å². The number of methoxy groups -OCH3 is 1. The number of esters is 1. The molecule has 0 radical (unpaired) electrons. The van der Waals surface area contributed by atoms with Crippen molar-refractivity contribution in [3.05, 3.63) is 29.8 Å². The predicted molar refractivity (Wildman–Crippen MR) is 45.9 cm³/mol. The van der Waals surface area contributed by atoms with Crippen molar-refractivity contribution in [2.24, 2.45) is 0 Å². The zero-order valence-electron chi connectivity index (χ0n) is 7.19. The number of carbonyl (C=O) groups excluding carboxylic acids is 1. The zero-order chi connectivity index (χ0) is 9.26. The molecule has 4 nitrogen and oxygen atoms in total. The lowest BCUT2D eigenvalue weighted by Gasteiger charge is -2.11. The summed E-state index contributed by atoms with van der Waals surface area (Å²) < 4.78 is 11.5. The lowest BCUT2D eigenvalue weighted by molar-refractivity contribution is 0.0591. The minimum atomic E-state index is -0.335. The van der Waals surface area contributed by atoms with Crippen LogP contribution in [0.4, 0.5) is 0 Å². The van der Waals surface area contributed by atoms with Crippen LogP contribution in [-0.4, -0.2) is 17.6 Å². The van der Waals surface area contributed by atoms with Gasteiger partial charge < -0.3 is 14.0 Å². The average molecular weight is 179 g/mol. The summed E-state index contributed by atoms with van der Waals surface area (Å²) in [7, 11) is 1.37. The maximum Gasteiger partial charge on any atom is 0.355 e. The van der Waals surface area contributed by atoms with E-state index >= 15 is 0 Å². The molecule has 0 saturated heterocycles. The van der Waals surface area contributed by atoms with E-state index in [4.69, 9.17) is 4.74 Å². The molecule has 0 aliphatic carbocycles. The molecule has 68 valence electrons. The van der Waals surface area contributed by atoms with E-state index in [2.05, 4.69) is 4.74 Å². The van der Waals surface area contributed by atoms with Crippen molar-refractivity contribution in [1.29, 1.82) is 0 Å². The van der Waals surface area contributed by atoms with Crippen LogP contribution >= 0.6 is 0 Å². The number of hydrogen-bond donors (Lipinski definition) is 0. The van der Waals surface area contributed by atoms with Gasteiger partial charge in [-0.15, -0.1) is 0 Å². The summed E-state index contributed by atoms with van der Waals surface area (Å²) in [5, 5.41) is 0. The van der Waals surface area contributed by atoms with Crippen molar-refractivity contribution in [3.63, 3.8) is 0 Å². The summed E-state index contributed by atoms with van der Waals surface area (Å²) >= 11 is 0. The smallest absolute Gasteiger partial charge is 0.355 e. The number of fused-ring (bicyclic) bond motifs is 1. The predicted octanol–water partition coefficient (Wildman–Crippen LogP) is 1.23. The summed E-state index contributed by atoms with van der Waals surface area (Å²) in [6, 6.07) is 3.57. The second-order valence-corrected chi connectivity index (χ2v) is 2.67. The van der Waals surface area contributed by atoms with Gasteiger partial charge in [-0.1, -0.05) is 0 Å². The van der Waals surface area contributed by atoms with Gasteiger partial charge in [0.15, 0.2) is 0 Å². The van der Waals surface area contributed by atoms with Crippen molar-refractivity contribution >= 4 is 12.2 Å². The van der Waals surface area contributed by atoms with Gasteiger partial charge in [0, 0.05) is 6.20 Å². The Bertz CT molecular complexity index is 365. The minimum absolute atomic E-state index is 0.335. The standard InChI is InChI=1S/C9H9NO3/c1-12-9(11)8-3-2-7-6-13-5-4-10(7)8/h2-5H,6H2,1H3. The summed E-state index contributed by atoms with van der Waals surface area (Å²) in [6.07, 6.45) is 3.25. The molecule has 1 aliphatic heterocycles. The molecule has 2 heterocycles. The van der Waals surface area contributed by atoms with Crippen LogP contribution in [-0.2, 0) is 16.1 Å². The highest BCUT2D eigenvalue weighted by atomic mass is 16.5. The van der Waals surface area contributed by atoms with Crippen molar-refractivity contribution in [1.82, 2.24) is 4.57 Å². The molecule has 0 saturated carbocycles. The average Bonchev–Trinajstić information content (AvgIpc) is 2.60. The van der Waals surface area contributed by atoms with Crippen LogP contribution in [0, 0.1) is 0 Å². The van der Waals surface area contributed by atoms with Crippen molar-refractivity contribution in [2.45, 2.75) is 6.61 Å². The molecule has 4 heteroatoms. The van der Waals surface area contributed by atoms with E-state index in [-0.39, 0.29) is 5.97 Å². The SMILES string of the molecule is COC(=O)c1ccc2n1C=COC2. The van der Waals surface area contributed by atoms with Gasteiger partial charge in [0.25, 0.3) is 0 Å². The van der Waals surface area contributed by atoms with Crippen LogP contribution < -0.4 is 0 Å². The molecule has 0 spiro atoms. The quantitative estimate of drug-likeness (QED) is 0.609. The topological polar surface area (TPSA) is 40.5 Å². The molecule has 0 N–H and O–H groups in total. The third kappa shape index (κ3) is 1.20. The van der Waals surface area contributed by atoms with E-state index in [0.717, 1.165) is 5.69 Å². The lowest BCUT2D eigenvalue weighted by Crippen LogP contribution is -2.10. The highest BCUT2D eigenvalue weighted by Gasteiger charge is 2.15. The summed E-state index contributed by atoms with van der Waals surface area (Å²) in [5.41, 5.74) is 1.47. The van der Waals surface area contributed by atoms with E-state index in [1.165, 1.54) is 7.11 Å². The molecular weight excluding hydrogens is 170 g/mol. The second-order valence-electron chi connectivity index (χ2n) is 2.67. The normalized spacial score (nSPS) is 13.3. The molecule has 0 aromatic carbocycles. The molecule has 0 amide bonds. The zero-order valence-corrected chi connectivity index (χ0v) is 7.19. The van der Waals surface area contributed by atoms with Crippen LogP contribution in [0.3, 0.4) is 0 Å². The first kappa shape index (κ1) is 7.91. The maximum atomic E-state index is 11.2. The van der Waals surface area contributed by atoms with E-state index in [1.807, 2.05) is 6.07 Å². The fraction of sp³-hybridized carbons (Fsp3) is 0.222. The Morgan fingerprint density at radius 1 is 1.62 bits per heavy atom. The monoisotopic (exact) mass is 179 g/mol. The Hall–Kier alpha value is -1.71. The van der Waals surface area contributed by atoms with Gasteiger partial charge in [-0.05, 0) is 12.1 Å². The molecule has 1 aromatic heterocycles. The summed E-state index contributed by atoms with van der Waals surface area (Å²) in [6.45, 7) is 0.494. The van der Waals surface area contributed by atoms with E-state index in [9.17, 15) is 4.79 Å². The highest BCUT2D eigenvalue weighted by molar-refractivity contribution is 5.88. The van der Waals surface area contributed by atoms with Crippen molar-refractivity contribution in [3.8, 4) is 0 Å². The first-order chi connectivity index (χ1) is 6.33.